The molecular formula is C13H13ClN2O2S. The predicted octanol–water partition coefficient (Wildman–Crippen LogP) is 3.98. The Morgan fingerprint density at radius 1 is 1.47 bits per heavy atom. The second kappa shape index (κ2) is 5.59. The van der Waals surface area contributed by atoms with Gasteiger partial charge in [-0.15, -0.1) is 0 Å². The van der Waals surface area contributed by atoms with Crippen LogP contribution in [0.4, 0.5) is 5.13 Å². The molecule has 0 radical (unpaired) electrons. The summed E-state index contributed by atoms with van der Waals surface area (Å²) in [5, 5.41) is 13.4. The highest BCUT2D eigenvalue weighted by Gasteiger charge is 2.16. The summed E-state index contributed by atoms with van der Waals surface area (Å²) in [5.74, 6) is -0.951. The molecule has 0 saturated carbocycles. The van der Waals surface area contributed by atoms with Crippen molar-refractivity contribution in [2.45, 2.75) is 19.9 Å². The number of aromatic carboxylic acids is 1. The van der Waals surface area contributed by atoms with Crippen molar-refractivity contribution in [2.24, 2.45) is 0 Å². The first-order valence-corrected chi connectivity index (χ1v) is 6.90. The fraction of sp³-hybridized carbons (Fsp3) is 0.231. The van der Waals surface area contributed by atoms with Crippen molar-refractivity contribution in [1.82, 2.24) is 4.98 Å². The van der Waals surface area contributed by atoms with E-state index in [0.717, 1.165) is 16.9 Å². The van der Waals surface area contributed by atoms with E-state index >= 15 is 0 Å². The number of nitrogens with zero attached hydrogens (tertiary/aromatic N) is 1. The van der Waals surface area contributed by atoms with Gasteiger partial charge < -0.3 is 10.4 Å². The zero-order valence-corrected chi connectivity index (χ0v) is 12.0. The van der Waals surface area contributed by atoms with Gasteiger partial charge in [-0.25, -0.2) is 9.78 Å². The summed E-state index contributed by atoms with van der Waals surface area (Å²) in [6.45, 7) is 3.64. The van der Waals surface area contributed by atoms with Gasteiger partial charge in [-0.2, -0.15) is 0 Å². The monoisotopic (exact) mass is 296 g/mol. The number of aryl methyl sites for hydroxylation is 1. The molecule has 1 aromatic heterocycles. The van der Waals surface area contributed by atoms with Crippen LogP contribution < -0.4 is 5.32 Å². The average Bonchev–Trinajstić information content (AvgIpc) is 2.70. The normalized spacial score (nSPS) is 12.2. The fourth-order valence-electron chi connectivity index (χ4n) is 1.75. The highest BCUT2D eigenvalue weighted by atomic mass is 35.5. The molecule has 6 heteroatoms. The van der Waals surface area contributed by atoms with Crippen LogP contribution in [0.15, 0.2) is 24.3 Å². The van der Waals surface area contributed by atoms with E-state index in [-0.39, 0.29) is 10.9 Å². The highest BCUT2D eigenvalue weighted by Crippen LogP contribution is 2.29. The molecule has 2 aromatic rings. The van der Waals surface area contributed by atoms with Gasteiger partial charge in [0, 0.05) is 5.02 Å². The molecule has 0 spiro atoms. The molecule has 1 atom stereocenters. The lowest BCUT2D eigenvalue weighted by Gasteiger charge is -2.14. The minimum atomic E-state index is -0.951. The summed E-state index contributed by atoms with van der Waals surface area (Å²) in [6.07, 6.45) is 0. The van der Waals surface area contributed by atoms with Crippen LogP contribution in [-0.2, 0) is 0 Å². The molecule has 0 saturated heterocycles. The molecule has 1 unspecified atom stereocenters. The Labute approximate surface area is 120 Å². The number of anilines is 1. The Morgan fingerprint density at radius 2 is 2.16 bits per heavy atom. The molecule has 0 aliphatic carbocycles. The number of carboxylic acids is 1. The van der Waals surface area contributed by atoms with E-state index in [1.54, 1.807) is 6.92 Å². The molecule has 2 rings (SSSR count). The first-order chi connectivity index (χ1) is 8.99. The number of nitrogens with one attached hydrogen (secondary N) is 1. The molecule has 2 N–H and O–H groups in total. The standard InChI is InChI=1S/C13H13ClN2O2S/c1-7(9-5-3-4-6-10(9)14)15-13-16-8(2)11(19-13)12(17)18/h3-7H,1-2H3,(H,15,16)(H,17,18). The fourth-order valence-corrected chi connectivity index (χ4v) is 2.94. The second-order valence-electron chi connectivity index (χ2n) is 4.13. The van der Waals surface area contributed by atoms with Gasteiger partial charge in [0.15, 0.2) is 5.13 Å². The molecule has 100 valence electrons. The number of carboxylic acid groups (broad SMARTS) is 1. The summed E-state index contributed by atoms with van der Waals surface area (Å²) in [7, 11) is 0. The van der Waals surface area contributed by atoms with Crippen molar-refractivity contribution in [1.29, 1.82) is 0 Å². The highest BCUT2D eigenvalue weighted by molar-refractivity contribution is 7.17. The zero-order valence-electron chi connectivity index (χ0n) is 10.5. The number of thiazole rings is 1. The van der Waals surface area contributed by atoms with Gasteiger partial charge in [0.05, 0.1) is 11.7 Å². The van der Waals surface area contributed by atoms with Gasteiger partial charge >= 0.3 is 5.97 Å². The number of halogens is 1. The lowest BCUT2D eigenvalue weighted by molar-refractivity contribution is 0.0701. The lowest BCUT2D eigenvalue weighted by Crippen LogP contribution is -2.06. The van der Waals surface area contributed by atoms with Crippen LogP contribution in [0.3, 0.4) is 0 Å². The summed E-state index contributed by atoms with van der Waals surface area (Å²) in [6, 6.07) is 7.49. The molecular weight excluding hydrogens is 284 g/mol. The van der Waals surface area contributed by atoms with E-state index in [1.807, 2.05) is 31.2 Å². The molecule has 1 aromatic carbocycles. The number of hydrogen-bond acceptors (Lipinski definition) is 4. The van der Waals surface area contributed by atoms with E-state index in [4.69, 9.17) is 16.7 Å². The number of rotatable bonds is 4. The van der Waals surface area contributed by atoms with Crippen LogP contribution in [0.5, 0.6) is 0 Å². The van der Waals surface area contributed by atoms with Gasteiger partial charge in [-0.05, 0) is 25.5 Å². The average molecular weight is 297 g/mol. The maximum Gasteiger partial charge on any atom is 0.347 e. The van der Waals surface area contributed by atoms with Crippen LogP contribution >= 0.6 is 22.9 Å². The van der Waals surface area contributed by atoms with Crippen molar-refractivity contribution in [2.75, 3.05) is 5.32 Å². The third-order valence-corrected chi connectivity index (χ3v) is 4.12. The Bertz CT molecular complexity index is 612. The van der Waals surface area contributed by atoms with Gasteiger partial charge in [0.1, 0.15) is 4.88 Å². The van der Waals surface area contributed by atoms with Gasteiger partial charge in [-0.3, -0.25) is 0 Å². The molecule has 1 heterocycles. The number of hydrogen-bond donors (Lipinski definition) is 2. The van der Waals surface area contributed by atoms with Crippen molar-refractivity contribution in [3.8, 4) is 0 Å². The minimum absolute atomic E-state index is 0.0408. The predicted molar refractivity (Wildman–Crippen MR) is 77.3 cm³/mol. The third-order valence-electron chi connectivity index (χ3n) is 2.70. The molecule has 0 aliphatic rings. The minimum Gasteiger partial charge on any atom is -0.477 e. The van der Waals surface area contributed by atoms with E-state index in [0.29, 0.717) is 15.8 Å². The van der Waals surface area contributed by atoms with Crippen LogP contribution in [0.2, 0.25) is 5.02 Å². The van der Waals surface area contributed by atoms with Crippen LogP contribution in [0.1, 0.15) is 33.9 Å². The van der Waals surface area contributed by atoms with Crippen molar-refractivity contribution in [3.05, 3.63) is 45.4 Å². The lowest BCUT2D eigenvalue weighted by atomic mass is 10.1. The SMILES string of the molecule is Cc1nc(NC(C)c2ccccc2Cl)sc1C(=O)O. The Kier molecular flexibility index (Phi) is 4.07. The summed E-state index contributed by atoms with van der Waals surface area (Å²) in [5.41, 5.74) is 1.47. The Balaban J connectivity index is 2.20. The Morgan fingerprint density at radius 3 is 2.74 bits per heavy atom. The van der Waals surface area contributed by atoms with Crippen molar-refractivity contribution in [3.63, 3.8) is 0 Å². The molecule has 0 fully saturated rings. The molecule has 4 nitrogen and oxygen atoms in total. The van der Waals surface area contributed by atoms with Crippen LogP contribution in [0, 0.1) is 6.92 Å². The summed E-state index contributed by atoms with van der Waals surface area (Å²) < 4.78 is 0. The first-order valence-electron chi connectivity index (χ1n) is 5.70. The van der Waals surface area contributed by atoms with Gasteiger partial charge in [0.25, 0.3) is 0 Å². The first kappa shape index (κ1) is 13.8. The van der Waals surface area contributed by atoms with E-state index in [9.17, 15) is 4.79 Å². The molecule has 0 bridgehead atoms. The molecule has 0 aliphatic heterocycles. The number of carbonyl (C=O) groups is 1. The maximum atomic E-state index is 11.0. The molecule has 19 heavy (non-hydrogen) atoms. The second-order valence-corrected chi connectivity index (χ2v) is 5.53. The topological polar surface area (TPSA) is 62.2 Å². The van der Waals surface area contributed by atoms with Crippen molar-refractivity contribution >= 4 is 34.0 Å². The number of aromatic nitrogens is 1. The quantitative estimate of drug-likeness (QED) is 0.896. The largest absolute Gasteiger partial charge is 0.477 e. The smallest absolute Gasteiger partial charge is 0.347 e. The van der Waals surface area contributed by atoms with E-state index in [1.165, 1.54) is 0 Å². The summed E-state index contributed by atoms with van der Waals surface area (Å²) in [4.78, 5) is 15.4. The van der Waals surface area contributed by atoms with Crippen LogP contribution in [-0.4, -0.2) is 16.1 Å². The third kappa shape index (κ3) is 3.05. The van der Waals surface area contributed by atoms with Gasteiger partial charge in [0.2, 0.25) is 0 Å². The van der Waals surface area contributed by atoms with Crippen molar-refractivity contribution < 1.29 is 9.90 Å². The van der Waals surface area contributed by atoms with E-state index in [2.05, 4.69) is 10.3 Å². The van der Waals surface area contributed by atoms with Crippen LogP contribution in [0.25, 0.3) is 0 Å². The molecule has 0 amide bonds. The maximum absolute atomic E-state index is 11.0. The number of benzene rings is 1. The van der Waals surface area contributed by atoms with E-state index < -0.39 is 5.97 Å². The summed E-state index contributed by atoms with van der Waals surface area (Å²) >= 11 is 7.25. The van der Waals surface area contributed by atoms with Gasteiger partial charge in [-0.1, -0.05) is 41.1 Å². The zero-order chi connectivity index (χ0) is 14.0. The Hall–Kier alpha value is -1.59.